The van der Waals surface area contributed by atoms with E-state index in [1.165, 1.54) is 5.56 Å². The summed E-state index contributed by atoms with van der Waals surface area (Å²) in [5.74, 6) is 1.14. The van der Waals surface area contributed by atoms with Gasteiger partial charge < -0.3 is 4.23 Å². The lowest BCUT2D eigenvalue weighted by Crippen LogP contribution is -2.14. The Balaban J connectivity index is 2.96. The molecule has 0 aliphatic heterocycles. The second kappa shape index (κ2) is 2.98. The Kier molecular flexibility index (Phi) is 2.23. The summed E-state index contributed by atoms with van der Waals surface area (Å²) in [4.78, 5) is 4.23. The van der Waals surface area contributed by atoms with Gasteiger partial charge in [0, 0.05) is 6.20 Å². The number of rotatable bonds is 1. The molecule has 1 aromatic rings. The van der Waals surface area contributed by atoms with Crippen LogP contribution in [0.2, 0.25) is 0 Å². The zero-order valence-electron chi connectivity index (χ0n) is 6.63. The molecule has 0 fully saturated rings. The molecule has 1 rings (SSSR count). The summed E-state index contributed by atoms with van der Waals surface area (Å²) in [7, 11) is 2.17. The van der Waals surface area contributed by atoms with Crippen LogP contribution < -0.4 is 4.23 Å². The van der Waals surface area contributed by atoms with Gasteiger partial charge in [0.15, 0.2) is 0 Å². The fraction of sp³-hybridized carbons (Fsp3) is 0.167. The molecule has 0 radical (unpaired) electrons. The molecule has 0 atom stereocenters. The van der Waals surface area contributed by atoms with Crippen LogP contribution in [-0.4, -0.2) is 25.8 Å². The predicted molar refractivity (Wildman–Crippen MR) is 51.3 cm³/mol. The first-order chi connectivity index (χ1) is 4.70. The third kappa shape index (κ3) is 1.68. The van der Waals surface area contributed by atoms with E-state index < -0.39 is 0 Å². The summed E-state index contributed by atoms with van der Waals surface area (Å²) >= 11 is 0. The number of nitrogens with zero attached hydrogens (tertiary/aromatic N) is 2. The lowest BCUT2D eigenvalue weighted by molar-refractivity contribution is 1.26. The molecule has 0 saturated heterocycles. The number of pyridine rings is 1. The Bertz CT molecular complexity index is 225. The fourth-order valence-electron chi connectivity index (χ4n) is 0.765. The number of aromatic nitrogens is 1. The van der Waals surface area contributed by atoms with Crippen LogP contribution in [0.5, 0.6) is 0 Å². The normalized spacial score (nSPS) is 10.1. The van der Waals surface area contributed by atoms with Crippen LogP contribution in [0, 0.1) is 6.92 Å². The highest BCUT2D eigenvalue weighted by Gasteiger charge is 1.92. The molecule has 0 unspecified atom stereocenters. The molecule has 54 valence electrons. The van der Waals surface area contributed by atoms with Gasteiger partial charge in [-0.1, -0.05) is 0 Å². The van der Waals surface area contributed by atoms with E-state index in [0.717, 1.165) is 26.6 Å². The number of aryl methyl sites for hydroxylation is 1. The van der Waals surface area contributed by atoms with Gasteiger partial charge in [-0.15, -0.1) is 0 Å². The molecule has 0 aliphatic rings. The highest BCUT2D eigenvalue weighted by Crippen LogP contribution is 2.06. The van der Waals surface area contributed by atoms with Gasteiger partial charge in [-0.25, -0.2) is 4.98 Å². The largest absolute Gasteiger partial charge is 0.425 e. The zero-order valence-corrected chi connectivity index (χ0v) is 10.6. The van der Waals surface area contributed by atoms with Gasteiger partial charge in [-0.2, -0.15) is 0 Å². The first kappa shape index (κ1) is 7.49. The van der Waals surface area contributed by atoms with Gasteiger partial charge in [0.05, 0.1) is 20.8 Å². The molecule has 0 N–H and O–H groups in total. The minimum absolute atomic E-state index is 1.09. The fourth-order valence-corrected chi connectivity index (χ4v) is 1.25. The van der Waals surface area contributed by atoms with Gasteiger partial charge >= 0.3 is 0 Å². The highest BCUT2D eigenvalue weighted by atomic mass is 28.2. The van der Waals surface area contributed by atoms with Crippen LogP contribution >= 0.6 is 0 Å². The van der Waals surface area contributed by atoms with Gasteiger partial charge in [0.1, 0.15) is 5.82 Å². The third-order valence-corrected chi connectivity index (χ3v) is 2.28. The van der Waals surface area contributed by atoms with Gasteiger partial charge in [0.2, 0.25) is 0 Å². The molecule has 0 bridgehead atoms. The van der Waals surface area contributed by atoms with Crippen LogP contribution in [0.3, 0.4) is 0 Å². The maximum atomic E-state index is 4.23. The molecular weight excluding hydrogens is 156 g/mol. The van der Waals surface area contributed by atoms with Gasteiger partial charge in [0.25, 0.3) is 0 Å². The molecule has 0 aromatic carbocycles. The topological polar surface area (TPSA) is 16.1 Å². The SMILES string of the molecule is Cc1ccnc(N([SiH3])[SiH3])c1. The molecule has 0 saturated carbocycles. The highest BCUT2D eigenvalue weighted by molar-refractivity contribution is 6.41. The molecule has 1 heterocycles. The number of hydrogen-bond donors (Lipinski definition) is 0. The minimum Gasteiger partial charge on any atom is -0.425 e. The van der Waals surface area contributed by atoms with Crippen molar-refractivity contribution in [2.45, 2.75) is 6.92 Å². The molecule has 0 spiro atoms. The Labute approximate surface area is 67.3 Å². The van der Waals surface area contributed by atoms with Crippen LogP contribution in [0.1, 0.15) is 5.56 Å². The first-order valence-corrected chi connectivity index (χ1v) is 5.09. The third-order valence-electron chi connectivity index (χ3n) is 1.36. The van der Waals surface area contributed by atoms with Crippen LogP contribution in [0.25, 0.3) is 0 Å². The standard InChI is InChI=1S/C6H12N2Si2/c1-5-2-3-7-6(4-5)8(9)10/h2-4H,1,9-10H3. The Morgan fingerprint density at radius 1 is 1.50 bits per heavy atom. The maximum Gasteiger partial charge on any atom is 0.111 e. The molecule has 2 nitrogen and oxygen atoms in total. The Morgan fingerprint density at radius 3 is 2.60 bits per heavy atom. The Hall–Kier alpha value is -0.616. The molecule has 0 amide bonds. The quantitative estimate of drug-likeness (QED) is 0.488. The molecule has 10 heavy (non-hydrogen) atoms. The van der Waals surface area contributed by atoms with Crippen LogP contribution in [-0.2, 0) is 0 Å². The summed E-state index contributed by atoms with van der Waals surface area (Å²) in [6.45, 7) is 2.10. The van der Waals surface area contributed by atoms with Crippen molar-refractivity contribution in [1.82, 2.24) is 4.98 Å². The molecular formula is C6H12N2Si2. The van der Waals surface area contributed by atoms with Crippen molar-refractivity contribution in [3.05, 3.63) is 23.9 Å². The monoisotopic (exact) mass is 168 g/mol. The van der Waals surface area contributed by atoms with E-state index >= 15 is 0 Å². The second-order valence-electron chi connectivity index (χ2n) is 2.59. The van der Waals surface area contributed by atoms with Gasteiger partial charge in [-0.3, -0.25) is 0 Å². The van der Waals surface area contributed by atoms with Crippen molar-refractivity contribution in [2.75, 3.05) is 4.23 Å². The van der Waals surface area contributed by atoms with E-state index in [1.54, 1.807) is 0 Å². The van der Waals surface area contributed by atoms with Crippen molar-refractivity contribution in [3.63, 3.8) is 0 Å². The van der Waals surface area contributed by atoms with Crippen molar-refractivity contribution in [2.24, 2.45) is 0 Å². The molecule has 1 aromatic heterocycles. The van der Waals surface area contributed by atoms with E-state index in [1.807, 2.05) is 12.3 Å². The summed E-state index contributed by atoms with van der Waals surface area (Å²) in [5.41, 5.74) is 1.29. The van der Waals surface area contributed by atoms with Crippen LogP contribution in [0.15, 0.2) is 18.3 Å². The van der Waals surface area contributed by atoms with Crippen molar-refractivity contribution in [3.8, 4) is 0 Å². The minimum atomic E-state index is 1.09. The lowest BCUT2D eigenvalue weighted by Gasteiger charge is -2.11. The van der Waals surface area contributed by atoms with E-state index in [0.29, 0.717) is 0 Å². The van der Waals surface area contributed by atoms with Crippen molar-refractivity contribution >= 4 is 26.6 Å². The summed E-state index contributed by atoms with van der Waals surface area (Å²) in [6.07, 6.45) is 1.87. The summed E-state index contributed by atoms with van der Waals surface area (Å²) in [6, 6.07) is 4.15. The van der Waals surface area contributed by atoms with E-state index in [9.17, 15) is 0 Å². The lowest BCUT2D eigenvalue weighted by atomic mass is 10.3. The predicted octanol–water partition coefficient (Wildman–Crippen LogP) is -1.24. The van der Waals surface area contributed by atoms with Crippen LogP contribution in [0.4, 0.5) is 5.82 Å². The van der Waals surface area contributed by atoms with Gasteiger partial charge in [-0.05, 0) is 24.6 Å². The number of anilines is 1. The van der Waals surface area contributed by atoms with E-state index in [4.69, 9.17) is 0 Å². The molecule has 4 heteroatoms. The Morgan fingerprint density at radius 2 is 2.20 bits per heavy atom. The van der Waals surface area contributed by atoms with Crippen molar-refractivity contribution in [1.29, 1.82) is 0 Å². The first-order valence-electron chi connectivity index (χ1n) is 3.30. The average Bonchev–Trinajstić information content (AvgIpc) is 1.88. The summed E-state index contributed by atoms with van der Waals surface area (Å²) < 4.78 is 2.27. The summed E-state index contributed by atoms with van der Waals surface area (Å²) in [5, 5.41) is 0. The second-order valence-corrected chi connectivity index (χ2v) is 7.06. The zero-order chi connectivity index (χ0) is 7.56. The average molecular weight is 168 g/mol. The van der Waals surface area contributed by atoms with E-state index in [2.05, 4.69) is 22.2 Å². The molecule has 0 aliphatic carbocycles. The number of hydrogen-bond acceptors (Lipinski definition) is 2. The smallest absolute Gasteiger partial charge is 0.111 e. The van der Waals surface area contributed by atoms with Crippen molar-refractivity contribution < 1.29 is 0 Å². The van der Waals surface area contributed by atoms with E-state index in [-0.39, 0.29) is 0 Å². The maximum absolute atomic E-state index is 4.23.